The maximum Gasteiger partial charge on any atom is 0.220 e. The number of rotatable bonds is 6. The second-order valence-corrected chi connectivity index (χ2v) is 7.15. The molecular formula is C19H21N3O2S. The molecule has 0 saturated carbocycles. The lowest BCUT2D eigenvalue weighted by atomic mass is 10.2. The average molecular weight is 355 g/mol. The summed E-state index contributed by atoms with van der Waals surface area (Å²) in [5.74, 6) is 0.0817. The number of ether oxygens (including phenoxy) is 1. The molecule has 5 nitrogen and oxygen atoms in total. The SMILES string of the molecule is O=C(CCc1csc2nc(-c3ccccc3)cn12)NC[C@H]1CCCO1. The molecule has 1 aliphatic rings. The molecule has 6 heteroatoms. The van der Waals surface area contributed by atoms with Crippen molar-refractivity contribution in [1.82, 2.24) is 14.7 Å². The van der Waals surface area contributed by atoms with E-state index in [4.69, 9.17) is 4.74 Å². The van der Waals surface area contributed by atoms with Crippen molar-refractivity contribution in [2.45, 2.75) is 31.8 Å². The van der Waals surface area contributed by atoms with Crippen molar-refractivity contribution < 1.29 is 9.53 Å². The summed E-state index contributed by atoms with van der Waals surface area (Å²) in [7, 11) is 0. The van der Waals surface area contributed by atoms with E-state index in [1.165, 1.54) is 0 Å². The molecule has 0 aliphatic carbocycles. The Balaban J connectivity index is 1.38. The quantitative estimate of drug-likeness (QED) is 0.738. The Hall–Kier alpha value is -2.18. The fourth-order valence-corrected chi connectivity index (χ4v) is 4.03. The van der Waals surface area contributed by atoms with E-state index >= 15 is 0 Å². The Kier molecular flexibility index (Phi) is 4.81. The molecule has 1 fully saturated rings. The first-order chi connectivity index (χ1) is 12.3. The van der Waals surface area contributed by atoms with Gasteiger partial charge in [-0.25, -0.2) is 4.98 Å². The van der Waals surface area contributed by atoms with Crippen LogP contribution < -0.4 is 5.32 Å². The number of fused-ring (bicyclic) bond motifs is 1. The van der Waals surface area contributed by atoms with E-state index in [9.17, 15) is 4.79 Å². The monoisotopic (exact) mass is 355 g/mol. The number of aromatic nitrogens is 2. The zero-order chi connectivity index (χ0) is 17.1. The van der Waals surface area contributed by atoms with Gasteiger partial charge in [-0.2, -0.15) is 0 Å². The average Bonchev–Trinajstić information content (AvgIpc) is 3.36. The van der Waals surface area contributed by atoms with Crippen LogP contribution in [0.2, 0.25) is 0 Å². The van der Waals surface area contributed by atoms with Crippen molar-refractivity contribution in [3.63, 3.8) is 0 Å². The first kappa shape index (κ1) is 16.3. The van der Waals surface area contributed by atoms with E-state index in [0.717, 1.165) is 41.4 Å². The molecule has 130 valence electrons. The van der Waals surface area contributed by atoms with E-state index in [2.05, 4.69) is 38.4 Å². The van der Waals surface area contributed by atoms with Crippen LogP contribution >= 0.6 is 11.3 Å². The number of hydrogen-bond donors (Lipinski definition) is 1. The molecule has 25 heavy (non-hydrogen) atoms. The van der Waals surface area contributed by atoms with Crippen LogP contribution in [0.15, 0.2) is 41.9 Å². The van der Waals surface area contributed by atoms with Crippen LogP contribution in [0.1, 0.15) is 25.0 Å². The third kappa shape index (κ3) is 3.75. The number of thiazole rings is 1. The van der Waals surface area contributed by atoms with Crippen LogP contribution in [0.3, 0.4) is 0 Å². The number of benzene rings is 1. The van der Waals surface area contributed by atoms with Gasteiger partial charge in [-0.15, -0.1) is 11.3 Å². The summed E-state index contributed by atoms with van der Waals surface area (Å²) in [6, 6.07) is 10.2. The van der Waals surface area contributed by atoms with Crippen LogP contribution in [0, 0.1) is 0 Å². The third-order valence-corrected chi connectivity index (χ3v) is 5.40. The standard InChI is InChI=1S/C19H21N3O2S/c23-18(20-11-16-7-4-10-24-16)9-8-15-13-25-19-21-17(12-22(15)19)14-5-2-1-3-6-14/h1-3,5-6,12-13,16H,4,7-11H2,(H,20,23)/t16-/m1/s1. The van der Waals surface area contributed by atoms with E-state index in [0.29, 0.717) is 19.4 Å². The summed E-state index contributed by atoms with van der Waals surface area (Å²) in [5.41, 5.74) is 3.21. The number of nitrogens with one attached hydrogen (secondary N) is 1. The van der Waals surface area contributed by atoms with Gasteiger partial charge in [0.1, 0.15) is 0 Å². The minimum Gasteiger partial charge on any atom is -0.376 e. The predicted molar refractivity (Wildman–Crippen MR) is 98.8 cm³/mol. The minimum absolute atomic E-state index is 0.0817. The number of carbonyl (C=O) groups excluding carboxylic acids is 1. The molecule has 1 aliphatic heterocycles. The maximum atomic E-state index is 12.1. The zero-order valence-electron chi connectivity index (χ0n) is 14.0. The molecule has 3 aromatic rings. The van der Waals surface area contributed by atoms with E-state index in [1.54, 1.807) is 11.3 Å². The molecule has 2 aromatic heterocycles. The molecule has 1 N–H and O–H groups in total. The van der Waals surface area contributed by atoms with Crippen LogP contribution in [0.25, 0.3) is 16.2 Å². The van der Waals surface area contributed by atoms with E-state index in [1.807, 2.05) is 18.2 Å². The van der Waals surface area contributed by atoms with Gasteiger partial charge in [-0.05, 0) is 19.3 Å². The molecule has 0 bridgehead atoms. The van der Waals surface area contributed by atoms with Crippen molar-refractivity contribution in [1.29, 1.82) is 0 Å². The smallest absolute Gasteiger partial charge is 0.220 e. The molecule has 1 aromatic carbocycles. The number of imidazole rings is 1. The zero-order valence-corrected chi connectivity index (χ0v) is 14.8. The normalized spacial score (nSPS) is 17.2. The summed E-state index contributed by atoms with van der Waals surface area (Å²) in [5, 5.41) is 5.07. The van der Waals surface area contributed by atoms with Gasteiger partial charge in [0.25, 0.3) is 0 Å². The summed E-state index contributed by atoms with van der Waals surface area (Å²) < 4.78 is 7.63. The maximum absolute atomic E-state index is 12.1. The van der Waals surface area contributed by atoms with Crippen LogP contribution in [0.4, 0.5) is 0 Å². The van der Waals surface area contributed by atoms with Gasteiger partial charge in [0.2, 0.25) is 5.91 Å². The highest BCUT2D eigenvalue weighted by Gasteiger charge is 2.16. The first-order valence-corrected chi connectivity index (χ1v) is 9.57. The fraction of sp³-hybridized carbons (Fsp3) is 0.368. The molecule has 0 radical (unpaired) electrons. The lowest BCUT2D eigenvalue weighted by Gasteiger charge is -2.10. The Morgan fingerprint density at radius 3 is 3.04 bits per heavy atom. The summed E-state index contributed by atoms with van der Waals surface area (Å²) >= 11 is 1.62. The topological polar surface area (TPSA) is 55.6 Å². The largest absolute Gasteiger partial charge is 0.376 e. The Bertz CT molecular complexity index is 850. The summed E-state index contributed by atoms with van der Waals surface area (Å²) in [6.45, 7) is 1.44. The van der Waals surface area contributed by atoms with E-state index in [-0.39, 0.29) is 12.0 Å². The minimum atomic E-state index is 0.0817. The lowest BCUT2D eigenvalue weighted by Crippen LogP contribution is -2.31. The number of carbonyl (C=O) groups is 1. The number of nitrogens with zero attached hydrogens (tertiary/aromatic N) is 2. The van der Waals surface area contributed by atoms with Crippen molar-refractivity contribution in [3.8, 4) is 11.3 Å². The predicted octanol–water partition coefficient (Wildman–Crippen LogP) is 3.29. The molecule has 1 saturated heterocycles. The highest BCUT2D eigenvalue weighted by molar-refractivity contribution is 7.15. The Labute approximate surface area is 150 Å². The van der Waals surface area contributed by atoms with Crippen molar-refractivity contribution in [2.75, 3.05) is 13.2 Å². The van der Waals surface area contributed by atoms with Crippen molar-refractivity contribution in [2.24, 2.45) is 0 Å². The van der Waals surface area contributed by atoms with Crippen molar-refractivity contribution >= 4 is 22.2 Å². The van der Waals surface area contributed by atoms with Gasteiger partial charge >= 0.3 is 0 Å². The Morgan fingerprint density at radius 2 is 2.24 bits per heavy atom. The molecular weight excluding hydrogens is 334 g/mol. The van der Waals surface area contributed by atoms with Gasteiger partial charge < -0.3 is 10.1 Å². The molecule has 1 atom stereocenters. The highest BCUT2D eigenvalue weighted by atomic mass is 32.1. The fourth-order valence-electron chi connectivity index (χ4n) is 3.12. The first-order valence-electron chi connectivity index (χ1n) is 8.69. The van der Waals surface area contributed by atoms with Crippen LogP contribution in [-0.4, -0.2) is 34.5 Å². The van der Waals surface area contributed by atoms with Gasteiger partial charge in [-0.3, -0.25) is 9.20 Å². The molecule has 1 amide bonds. The number of amides is 1. The number of hydrogen-bond acceptors (Lipinski definition) is 4. The third-order valence-electron chi connectivity index (χ3n) is 4.51. The number of aryl methyl sites for hydroxylation is 1. The highest BCUT2D eigenvalue weighted by Crippen LogP contribution is 2.24. The van der Waals surface area contributed by atoms with Gasteiger partial charge in [0, 0.05) is 42.4 Å². The van der Waals surface area contributed by atoms with Gasteiger partial charge in [0.05, 0.1) is 11.8 Å². The second-order valence-electron chi connectivity index (χ2n) is 6.31. The van der Waals surface area contributed by atoms with Crippen molar-refractivity contribution in [3.05, 3.63) is 47.6 Å². The van der Waals surface area contributed by atoms with E-state index < -0.39 is 0 Å². The van der Waals surface area contributed by atoms with Gasteiger partial charge in [0.15, 0.2) is 4.96 Å². The Morgan fingerprint density at radius 1 is 1.36 bits per heavy atom. The summed E-state index contributed by atoms with van der Waals surface area (Å²) in [6.07, 6.45) is 5.58. The lowest BCUT2D eigenvalue weighted by molar-refractivity contribution is -0.121. The molecule has 0 spiro atoms. The second kappa shape index (κ2) is 7.37. The molecule has 0 unspecified atom stereocenters. The summed E-state index contributed by atoms with van der Waals surface area (Å²) in [4.78, 5) is 17.7. The van der Waals surface area contributed by atoms with Crippen LogP contribution in [-0.2, 0) is 16.0 Å². The molecule has 4 rings (SSSR count). The molecule has 3 heterocycles. The van der Waals surface area contributed by atoms with Gasteiger partial charge in [-0.1, -0.05) is 30.3 Å². The van der Waals surface area contributed by atoms with Crippen LogP contribution in [0.5, 0.6) is 0 Å².